The van der Waals surface area contributed by atoms with Crippen molar-refractivity contribution in [3.63, 3.8) is 0 Å². The van der Waals surface area contributed by atoms with Crippen molar-refractivity contribution >= 4 is 15.7 Å². The first-order chi connectivity index (χ1) is 11.1. The quantitative estimate of drug-likeness (QED) is 0.828. The maximum Gasteiger partial charge on any atom is 0.224 e. The molecule has 2 fully saturated rings. The molecule has 1 unspecified atom stereocenters. The molecule has 0 radical (unpaired) electrons. The zero-order valence-electron chi connectivity index (χ0n) is 13.4. The molecule has 1 aromatic rings. The lowest BCUT2D eigenvalue weighted by Crippen LogP contribution is -2.33. The Morgan fingerprint density at radius 2 is 1.83 bits per heavy atom. The van der Waals surface area contributed by atoms with E-state index in [4.69, 9.17) is 0 Å². The molecule has 1 aromatic heterocycles. The predicted octanol–water partition coefficient (Wildman–Crippen LogP) is 2.49. The van der Waals surface area contributed by atoms with Gasteiger partial charge in [-0.3, -0.25) is 9.78 Å². The Labute approximate surface area is 138 Å². The van der Waals surface area contributed by atoms with E-state index in [1.54, 1.807) is 12.4 Å². The third-order valence-electron chi connectivity index (χ3n) is 5.07. The second kappa shape index (κ2) is 6.99. The number of rotatable bonds is 5. The maximum absolute atomic E-state index is 12.5. The van der Waals surface area contributed by atoms with Crippen molar-refractivity contribution in [3.8, 4) is 0 Å². The van der Waals surface area contributed by atoms with Crippen LogP contribution in [-0.4, -0.2) is 41.8 Å². The molecule has 23 heavy (non-hydrogen) atoms. The second-order valence-electron chi connectivity index (χ2n) is 6.55. The predicted molar refractivity (Wildman–Crippen MR) is 88.6 cm³/mol. The molecule has 126 valence electrons. The first-order valence-electron chi connectivity index (χ1n) is 8.49. The van der Waals surface area contributed by atoms with Gasteiger partial charge in [-0.15, -0.1) is 0 Å². The van der Waals surface area contributed by atoms with Crippen LogP contribution >= 0.6 is 0 Å². The van der Waals surface area contributed by atoms with E-state index >= 15 is 0 Å². The molecule has 0 bridgehead atoms. The average molecular weight is 336 g/mol. The Morgan fingerprint density at radius 3 is 2.52 bits per heavy atom. The van der Waals surface area contributed by atoms with Gasteiger partial charge in [0.15, 0.2) is 9.84 Å². The highest BCUT2D eigenvalue weighted by molar-refractivity contribution is 7.92. The average Bonchev–Trinajstić information content (AvgIpc) is 3.25. The minimum absolute atomic E-state index is 0.00390. The lowest BCUT2D eigenvalue weighted by molar-refractivity contribution is -0.131. The number of likely N-dealkylation sites (tertiary alicyclic amines) is 1. The van der Waals surface area contributed by atoms with Gasteiger partial charge < -0.3 is 4.90 Å². The van der Waals surface area contributed by atoms with Crippen LogP contribution in [0.1, 0.15) is 56.6 Å². The summed E-state index contributed by atoms with van der Waals surface area (Å²) >= 11 is 0. The molecule has 3 rings (SSSR count). The molecule has 2 aliphatic rings. The highest BCUT2D eigenvalue weighted by atomic mass is 32.2. The molecule has 1 saturated carbocycles. The van der Waals surface area contributed by atoms with E-state index < -0.39 is 9.84 Å². The number of sulfone groups is 1. The number of hydrogen-bond donors (Lipinski definition) is 0. The minimum Gasteiger partial charge on any atom is -0.336 e. The largest absolute Gasteiger partial charge is 0.336 e. The summed E-state index contributed by atoms with van der Waals surface area (Å²) in [7, 11) is -3.12. The Bertz CT molecular complexity index is 639. The molecule has 0 aromatic carbocycles. The first kappa shape index (κ1) is 16.4. The first-order valence-corrected chi connectivity index (χ1v) is 10.2. The molecule has 6 heteroatoms. The number of amides is 1. The fourth-order valence-electron chi connectivity index (χ4n) is 3.78. The fourth-order valence-corrected chi connectivity index (χ4v) is 5.63. The lowest BCUT2D eigenvalue weighted by atomic mass is 10.1. The van der Waals surface area contributed by atoms with Crippen molar-refractivity contribution in [1.29, 1.82) is 0 Å². The zero-order valence-corrected chi connectivity index (χ0v) is 14.2. The molecule has 2 heterocycles. The normalized spacial score (nSPS) is 22.6. The van der Waals surface area contributed by atoms with Gasteiger partial charge in [-0.1, -0.05) is 12.8 Å². The van der Waals surface area contributed by atoms with Crippen LogP contribution in [0.4, 0.5) is 0 Å². The van der Waals surface area contributed by atoms with Gasteiger partial charge in [0.25, 0.3) is 0 Å². The van der Waals surface area contributed by atoms with Crippen molar-refractivity contribution in [2.45, 2.75) is 56.2 Å². The summed E-state index contributed by atoms with van der Waals surface area (Å²) in [6, 6.07) is 3.94. The molecular formula is C17H24N2O3S. The maximum atomic E-state index is 12.5. The van der Waals surface area contributed by atoms with Gasteiger partial charge in [0, 0.05) is 25.4 Å². The summed E-state index contributed by atoms with van der Waals surface area (Å²) in [6.45, 7) is 0.718. The number of carbonyl (C=O) groups is 1. The van der Waals surface area contributed by atoms with E-state index in [2.05, 4.69) is 4.98 Å². The second-order valence-corrected chi connectivity index (χ2v) is 8.95. The Balaban J connectivity index is 1.61. The molecule has 1 saturated heterocycles. The van der Waals surface area contributed by atoms with Crippen LogP contribution in [0.15, 0.2) is 24.5 Å². The number of pyridine rings is 1. The van der Waals surface area contributed by atoms with Crippen molar-refractivity contribution in [2.75, 3.05) is 12.3 Å². The molecule has 1 aliphatic carbocycles. The van der Waals surface area contributed by atoms with E-state index in [0.29, 0.717) is 0 Å². The van der Waals surface area contributed by atoms with Crippen LogP contribution < -0.4 is 0 Å². The number of hydrogen-bond acceptors (Lipinski definition) is 4. The summed E-state index contributed by atoms with van der Waals surface area (Å²) < 4.78 is 24.6. The smallest absolute Gasteiger partial charge is 0.224 e. The van der Waals surface area contributed by atoms with Gasteiger partial charge in [-0.2, -0.15) is 0 Å². The molecule has 0 spiro atoms. The Kier molecular flexibility index (Phi) is 4.99. The third kappa shape index (κ3) is 3.74. The highest BCUT2D eigenvalue weighted by Crippen LogP contribution is 2.32. The highest BCUT2D eigenvalue weighted by Gasteiger charge is 2.33. The van der Waals surface area contributed by atoms with Crippen molar-refractivity contribution in [2.24, 2.45) is 0 Å². The van der Waals surface area contributed by atoms with Gasteiger partial charge in [0.05, 0.1) is 17.0 Å². The minimum atomic E-state index is -3.12. The van der Waals surface area contributed by atoms with Crippen LogP contribution in [0.3, 0.4) is 0 Å². The monoisotopic (exact) mass is 336 g/mol. The molecule has 1 aliphatic heterocycles. The molecule has 5 nitrogen and oxygen atoms in total. The van der Waals surface area contributed by atoms with Crippen molar-refractivity contribution < 1.29 is 13.2 Å². The lowest BCUT2D eigenvalue weighted by Gasteiger charge is -2.25. The van der Waals surface area contributed by atoms with E-state index in [1.807, 2.05) is 17.0 Å². The zero-order chi connectivity index (χ0) is 16.3. The van der Waals surface area contributed by atoms with Gasteiger partial charge in [-0.05, 0) is 43.4 Å². The summed E-state index contributed by atoms with van der Waals surface area (Å²) in [5, 5.41) is -0.218. The van der Waals surface area contributed by atoms with E-state index in [1.165, 1.54) is 0 Å². The number of carbonyl (C=O) groups excluding carboxylic acids is 1. The molecular weight excluding hydrogens is 312 g/mol. The number of nitrogens with zero attached hydrogens (tertiary/aromatic N) is 2. The molecule has 1 amide bonds. The van der Waals surface area contributed by atoms with Gasteiger partial charge in [0.2, 0.25) is 5.91 Å². The van der Waals surface area contributed by atoms with Crippen LogP contribution in [0, 0.1) is 0 Å². The van der Waals surface area contributed by atoms with Crippen molar-refractivity contribution in [3.05, 3.63) is 30.1 Å². The summed E-state index contributed by atoms with van der Waals surface area (Å²) in [4.78, 5) is 18.4. The molecule has 0 N–H and O–H groups in total. The number of aromatic nitrogens is 1. The van der Waals surface area contributed by atoms with E-state index in [0.717, 1.165) is 50.6 Å². The third-order valence-corrected chi connectivity index (χ3v) is 7.33. The van der Waals surface area contributed by atoms with Crippen LogP contribution in [0.5, 0.6) is 0 Å². The van der Waals surface area contributed by atoms with Crippen LogP contribution in [0.2, 0.25) is 0 Å². The Morgan fingerprint density at radius 1 is 1.13 bits per heavy atom. The summed E-state index contributed by atoms with van der Waals surface area (Å²) in [5.74, 6) is -0.0401. The van der Waals surface area contributed by atoms with E-state index in [9.17, 15) is 13.2 Å². The van der Waals surface area contributed by atoms with Gasteiger partial charge in [-0.25, -0.2) is 8.42 Å². The topological polar surface area (TPSA) is 67.3 Å². The Hall–Kier alpha value is -1.43. The van der Waals surface area contributed by atoms with E-state index in [-0.39, 0.29) is 29.4 Å². The van der Waals surface area contributed by atoms with Crippen LogP contribution in [-0.2, 0) is 14.6 Å². The summed E-state index contributed by atoms with van der Waals surface area (Å²) in [6.07, 6.45) is 9.00. The molecule has 1 atom stereocenters. The van der Waals surface area contributed by atoms with Gasteiger partial charge >= 0.3 is 0 Å². The van der Waals surface area contributed by atoms with Crippen LogP contribution in [0.25, 0.3) is 0 Å². The van der Waals surface area contributed by atoms with Gasteiger partial charge in [0.1, 0.15) is 0 Å². The fraction of sp³-hybridized carbons (Fsp3) is 0.647. The summed E-state index contributed by atoms with van der Waals surface area (Å²) in [5.41, 5.74) is 1.09. The van der Waals surface area contributed by atoms with Crippen molar-refractivity contribution in [1.82, 2.24) is 9.88 Å². The SMILES string of the molecule is O=C(CCS(=O)(=O)C1CCCC1)N1CCCC1c1ccncc1. The standard InChI is InChI=1S/C17H24N2O3S/c20-17(9-13-23(21,22)15-4-1-2-5-15)19-12-3-6-16(19)14-7-10-18-11-8-14/h7-8,10-11,15-16H,1-6,9,12-13H2.